The Bertz CT molecular complexity index is 1630. The Balaban J connectivity index is 1.66. The van der Waals surface area contributed by atoms with Crippen LogP contribution in [0.25, 0.3) is 33.5 Å². The number of hydrogen-bond donors (Lipinski definition) is 0. The van der Waals surface area contributed by atoms with Gasteiger partial charge < -0.3 is 0 Å². The van der Waals surface area contributed by atoms with Crippen LogP contribution in [0.15, 0.2) is 97.1 Å². The van der Waals surface area contributed by atoms with Crippen LogP contribution < -0.4 is 0 Å². The van der Waals surface area contributed by atoms with Crippen molar-refractivity contribution < 1.29 is 31.1 Å². The van der Waals surface area contributed by atoms with E-state index >= 15 is 0 Å². The second kappa shape index (κ2) is 9.41. The quantitative estimate of drug-likeness (QED) is 0.176. The molecule has 38 heavy (non-hydrogen) atoms. The van der Waals surface area contributed by atoms with E-state index in [2.05, 4.69) is 9.97 Å². The third-order valence-corrected chi connectivity index (χ3v) is 5.93. The highest BCUT2D eigenvalue weighted by molar-refractivity contribution is 6.10. The van der Waals surface area contributed by atoms with Gasteiger partial charge in [0.2, 0.25) is 0 Å². The second-order valence-electron chi connectivity index (χ2n) is 8.47. The van der Waals surface area contributed by atoms with Crippen LogP contribution in [0.2, 0.25) is 0 Å². The van der Waals surface area contributed by atoms with Crippen LogP contribution in [-0.4, -0.2) is 15.8 Å². The molecule has 190 valence electrons. The summed E-state index contributed by atoms with van der Waals surface area (Å²) in [4.78, 5) is 22.1. The van der Waals surface area contributed by atoms with Gasteiger partial charge in [0.1, 0.15) is 0 Å². The minimum Gasteiger partial charge on any atom is -0.289 e. The standard InChI is InChI=1S/C29H16F6N2O/c30-28(31,32)21-11-6-17(7-12-21)25-26(18-8-13-22(14-9-18)29(33,34)35)37-24-16-20(10-15-23(24)36-25)27(38)19-4-2-1-3-5-19/h1-16H. The molecule has 9 heteroatoms. The number of carbonyl (C=O) groups excluding carboxylic acids is 1. The largest absolute Gasteiger partial charge is 0.416 e. The van der Waals surface area contributed by atoms with Crippen LogP contribution >= 0.6 is 0 Å². The Hall–Kier alpha value is -4.53. The predicted molar refractivity (Wildman–Crippen MR) is 130 cm³/mol. The van der Waals surface area contributed by atoms with Crippen molar-refractivity contribution in [2.75, 3.05) is 0 Å². The number of carbonyl (C=O) groups is 1. The molecule has 0 aliphatic carbocycles. The van der Waals surface area contributed by atoms with Crippen molar-refractivity contribution in [2.45, 2.75) is 12.4 Å². The highest BCUT2D eigenvalue weighted by atomic mass is 19.4. The molecule has 0 N–H and O–H groups in total. The number of benzene rings is 4. The minimum absolute atomic E-state index is 0.162. The van der Waals surface area contributed by atoms with E-state index in [1.807, 2.05) is 0 Å². The van der Waals surface area contributed by atoms with E-state index in [1.165, 1.54) is 30.3 Å². The number of alkyl halides is 6. The summed E-state index contributed by atoms with van der Waals surface area (Å²) in [7, 11) is 0. The van der Waals surface area contributed by atoms with Gasteiger partial charge in [-0.15, -0.1) is 0 Å². The lowest BCUT2D eigenvalue weighted by Crippen LogP contribution is -2.05. The molecular weight excluding hydrogens is 506 g/mol. The average molecular weight is 522 g/mol. The first kappa shape index (κ1) is 25.1. The van der Waals surface area contributed by atoms with Crippen molar-refractivity contribution in [1.82, 2.24) is 9.97 Å². The van der Waals surface area contributed by atoms with Crippen LogP contribution in [0.5, 0.6) is 0 Å². The Kier molecular flexibility index (Phi) is 6.22. The van der Waals surface area contributed by atoms with Crippen LogP contribution in [0.1, 0.15) is 27.0 Å². The molecule has 1 heterocycles. The van der Waals surface area contributed by atoms with Crippen molar-refractivity contribution in [3.05, 3.63) is 119 Å². The fourth-order valence-electron chi connectivity index (χ4n) is 3.99. The molecular formula is C29H16F6N2O. The van der Waals surface area contributed by atoms with E-state index in [4.69, 9.17) is 0 Å². The number of fused-ring (bicyclic) bond motifs is 1. The maximum atomic E-state index is 13.1. The number of halogens is 6. The molecule has 1 aromatic heterocycles. The lowest BCUT2D eigenvalue weighted by Gasteiger charge is -2.13. The summed E-state index contributed by atoms with van der Waals surface area (Å²) >= 11 is 0. The molecule has 0 unspecified atom stereocenters. The molecule has 3 nitrogen and oxygen atoms in total. The van der Waals surface area contributed by atoms with Gasteiger partial charge in [-0.2, -0.15) is 26.3 Å². The van der Waals surface area contributed by atoms with Crippen molar-refractivity contribution in [3.8, 4) is 22.5 Å². The van der Waals surface area contributed by atoms with Crippen LogP contribution in [0, 0.1) is 0 Å². The van der Waals surface area contributed by atoms with Crippen molar-refractivity contribution >= 4 is 16.8 Å². The van der Waals surface area contributed by atoms with Gasteiger partial charge >= 0.3 is 12.4 Å². The van der Waals surface area contributed by atoms with E-state index in [9.17, 15) is 31.1 Å². The molecule has 0 aliphatic heterocycles. The van der Waals surface area contributed by atoms with Gasteiger partial charge in [-0.05, 0) is 42.5 Å². The molecule has 0 saturated carbocycles. The maximum Gasteiger partial charge on any atom is 0.416 e. The van der Waals surface area contributed by atoms with Crippen molar-refractivity contribution in [1.29, 1.82) is 0 Å². The lowest BCUT2D eigenvalue weighted by atomic mass is 10.00. The lowest BCUT2D eigenvalue weighted by molar-refractivity contribution is -0.138. The van der Waals surface area contributed by atoms with Crippen LogP contribution in [0.3, 0.4) is 0 Å². The third-order valence-electron chi connectivity index (χ3n) is 5.93. The number of aromatic nitrogens is 2. The second-order valence-corrected chi connectivity index (χ2v) is 8.47. The van der Waals surface area contributed by atoms with Gasteiger partial charge in [-0.3, -0.25) is 4.79 Å². The summed E-state index contributed by atoms with van der Waals surface area (Å²) in [5, 5.41) is 0. The first-order valence-corrected chi connectivity index (χ1v) is 11.3. The number of ketones is 1. The zero-order valence-corrected chi connectivity index (χ0v) is 19.3. The highest BCUT2D eigenvalue weighted by Crippen LogP contribution is 2.36. The summed E-state index contributed by atoms with van der Waals surface area (Å²) in [5.41, 5.74) is 0.675. The molecule has 0 aliphatic rings. The highest BCUT2D eigenvalue weighted by Gasteiger charge is 2.31. The van der Waals surface area contributed by atoms with Crippen LogP contribution in [-0.2, 0) is 12.4 Å². The van der Waals surface area contributed by atoms with E-state index < -0.39 is 23.5 Å². The molecule has 5 rings (SSSR count). The molecule has 0 amide bonds. The third kappa shape index (κ3) is 5.00. The summed E-state index contributed by atoms with van der Waals surface area (Å²) in [5.74, 6) is -0.253. The normalized spacial score (nSPS) is 12.1. The molecule has 4 aromatic carbocycles. The number of nitrogens with zero attached hydrogens (tertiary/aromatic N) is 2. The Morgan fingerprint density at radius 2 is 1.00 bits per heavy atom. The Labute approximate surface area is 212 Å². The van der Waals surface area contributed by atoms with Gasteiger partial charge in [-0.1, -0.05) is 54.6 Å². The van der Waals surface area contributed by atoms with Gasteiger partial charge in [-0.25, -0.2) is 9.97 Å². The van der Waals surface area contributed by atoms with Gasteiger partial charge in [0.15, 0.2) is 5.78 Å². The predicted octanol–water partition coefficient (Wildman–Crippen LogP) is 8.23. The SMILES string of the molecule is O=C(c1ccccc1)c1ccc2nc(-c3ccc(C(F)(F)F)cc3)c(-c3ccc(C(F)(F)F)cc3)nc2c1. The smallest absolute Gasteiger partial charge is 0.289 e. The topological polar surface area (TPSA) is 42.9 Å². The fraction of sp³-hybridized carbons (Fsp3) is 0.0690. The summed E-state index contributed by atoms with van der Waals surface area (Å²) < 4.78 is 78.6. The fourth-order valence-corrected chi connectivity index (χ4v) is 3.99. The van der Waals surface area contributed by atoms with Gasteiger partial charge in [0, 0.05) is 22.3 Å². The summed E-state index contributed by atoms with van der Waals surface area (Å²) in [6, 6.07) is 21.8. The van der Waals surface area contributed by atoms with Gasteiger partial charge in [0.25, 0.3) is 0 Å². The van der Waals surface area contributed by atoms with Crippen molar-refractivity contribution in [3.63, 3.8) is 0 Å². The molecule has 0 radical (unpaired) electrons. The first-order chi connectivity index (χ1) is 18.0. The zero-order valence-electron chi connectivity index (χ0n) is 19.3. The average Bonchev–Trinajstić information content (AvgIpc) is 2.91. The monoisotopic (exact) mass is 522 g/mol. The molecule has 0 spiro atoms. The van der Waals surface area contributed by atoms with E-state index in [1.54, 1.807) is 42.5 Å². The molecule has 0 bridgehead atoms. The minimum atomic E-state index is -4.55. The number of hydrogen-bond acceptors (Lipinski definition) is 3. The van der Waals surface area contributed by atoms with E-state index in [0.29, 0.717) is 27.7 Å². The molecule has 0 saturated heterocycles. The summed E-state index contributed by atoms with van der Waals surface area (Å²) in [6.45, 7) is 0. The van der Waals surface area contributed by atoms with E-state index in [0.717, 1.165) is 24.3 Å². The molecule has 5 aromatic rings. The summed E-state index contributed by atoms with van der Waals surface area (Å²) in [6.07, 6.45) is -9.08. The Morgan fingerprint density at radius 3 is 1.47 bits per heavy atom. The Morgan fingerprint density at radius 1 is 0.526 bits per heavy atom. The maximum absolute atomic E-state index is 13.1. The van der Waals surface area contributed by atoms with Crippen molar-refractivity contribution in [2.24, 2.45) is 0 Å². The first-order valence-electron chi connectivity index (χ1n) is 11.3. The molecule has 0 fully saturated rings. The van der Waals surface area contributed by atoms with Gasteiger partial charge in [0.05, 0.1) is 33.5 Å². The van der Waals surface area contributed by atoms with E-state index in [-0.39, 0.29) is 22.7 Å². The number of rotatable bonds is 4. The zero-order chi connectivity index (χ0) is 27.1. The molecule has 0 atom stereocenters. The van der Waals surface area contributed by atoms with Crippen LogP contribution in [0.4, 0.5) is 26.3 Å².